The molecule has 8 nitrogen and oxygen atoms in total. The number of amides is 1. The number of nitrogens with two attached hydrogens (primary N) is 1. The molecule has 0 fully saturated rings. The number of aliphatic imine (C=N–C) groups is 1. The molecule has 3 rings (SSSR count). The summed E-state index contributed by atoms with van der Waals surface area (Å²) in [5, 5.41) is 14.3. The largest absolute Gasteiger partial charge is 0.433 e. The van der Waals surface area contributed by atoms with Crippen LogP contribution in [-0.4, -0.2) is 32.5 Å². The van der Waals surface area contributed by atoms with Crippen LogP contribution in [0.15, 0.2) is 29.3 Å². The first-order valence-corrected chi connectivity index (χ1v) is 8.18. The molecule has 28 heavy (non-hydrogen) atoms. The van der Waals surface area contributed by atoms with Gasteiger partial charge in [0, 0.05) is 16.9 Å². The number of benzene rings is 1. The molecule has 0 radical (unpaired) electrons. The smallest absolute Gasteiger partial charge is 0.365 e. The van der Waals surface area contributed by atoms with Crippen molar-refractivity contribution in [3.63, 3.8) is 0 Å². The summed E-state index contributed by atoms with van der Waals surface area (Å²) in [4.78, 5) is 15.6. The number of hydrogen-bond donors (Lipinski definition) is 4. The van der Waals surface area contributed by atoms with Gasteiger partial charge in [0.1, 0.15) is 17.1 Å². The highest BCUT2D eigenvalue weighted by atomic mass is 35.5. The van der Waals surface area contributed by atoms with Gasteiger partial charge in [-0.3, -0.25) is 15.0 Å². The average molecular weight is 432 g/mol. The number of H-pyrrole nitrogens is 2. The molecule has 0 aliphatic carbocycles. The van der Waals surface area contributed by atoms with Crippen LogP contribution in [0.5, 0.6) is 0 Å². The van der Waals surface area contributed by atoms with Crippen LogP contribution < -0.4 is 11.1 Å². The zero-order chi connectivity index (χ0) is 20.5. The molecule has 2 heterocycles. The Labute approximate surface area is 164 Å². The van der Waals surface area contributed by atoms with Crippen molar-refractivity contribution in [3.8, 4) is 0 Å². The van der Waals surface area contributed by atoms with Gasteiger partial charge in [-0.1, -0.05) is 29.3 Å². The van der Waals surface area contributed by atoms with Crippen molar-refractivity contribution in [2.45, 2.75) is 6.18 Å². The number of aromatic amines is 2. The third-order valence-corrected chi connectivity index (χ3v) is 3.97. The molecule has 0 aliphatic heterocycles. The van der Waals surface area contributed by atoms with E-state index in [1.165, 1.54) is 0 Å². The number of nitrogens with one attached hydrogen (secondary N) is 3. The third-order valence-electron chi connectivity index (χ3n) is 3.44. The maximum atomic E-state index is 13.0. The van der Waals surface area contributed by atoms with E-state index < -0.39 is 28.5 Å². The Balaban J connectivity index is 1.96. The van der Waals surface area contributed by atoms with Crippen LogP contribution in [0.25, 0.3) is 0 Å². The van der Waals surface area contributed by atoms with E-state index >= 15 is 0 Å². The lowest BCUT2D eigenvalue weighted by Crippen LogP contribution is -2.12. The fourth-order valence-electron chi connectivity index (χ4n) is 2.25. The minimum atomic E-state index is -4.72. The van der Waals surface area contributed by atoms with Gasteiger partial charge < -0.3 is 11.1 Å². The molecular formula is C15H10Cl2F3N7O. The summed E-state index contributed by atoms with van der Waals surface area (Å²) >= 11 is 11.6. The van der Waals surface area contributed by atoms with Crippen LogP contribution in [-0.2, 0) is 6.18 Å². The monoisotopic (exact) mass is 431 g/mol. The first-order chi connectivity index (χ1) is 13.2. The van der Waals surface area contributed by atoms with Gasteiger partial charge in [-0.05, 0) is 18.2 Å². The van der Waals surface area contributed by atoms with Gasteiger partial charge in [-0.25, -0.2) is 4.99 Å². The van der Waals surface area contributed by atoms with Gasteiger partial charge in [0.2, 0.25) is 0 Å². The summed E-state index contributed by atoms with van der Waals surface area (Å²) in [7, 11) is 0. The van der Waals surface area contributed by atoms with E-state index in [9.17, 15) is 18.0 Å². The van der Waals surface area contributed by atoms with Gasteiger partial charge >= 0.3 is 6.18 Å². The van der Waals surface area contributed by atoms with Crippen molar-refractivity contribution in [1.82, 2.24) is 20.4 Å². The third kappa shape index (κ3) is 4.10. The molecule has 0 saturated heterocycles. The van der Waals surface area contributed by atoms with E-state index in [2.05, 4.69) is 25.6 Å². The lowest BCUT2D eigenvalue weighted by molar-refractivity contribution is -0.141. The van der Waals surface area contributed by atoms with E-state index in [-0.39, 0.29) is 17.2 Å². The molecule has 2 aromatic heterocycles. The second kappa shape index (κ2) is 7.52. The Morgan fingerprint density at radius 2 is 2.00 bits per heavy atom. The van der Waals surface area contributed by atoms with Crippen LogP contribution in [0, 0.1) is 0 Å². The van der Waals surface area contributed by atoms with Crippen LogP contribution in [0.2, 0.25) is 10.2 Å². The van der Waals surface area contributed by atoms with Crippen molar-refractivity contribution in [2.75, 3.05) is 5.32 Å². The number of rotatable bonds is 5. The topological polar surface area (TPSA) is 125 Å². The normalized spacial score (nSPS) is 11.9. The maximum Gasteiger partial charge on any atom is 0.433 e. The quantitative estimate of drug-likeness (QED) is 0.454. The molecule has 0 saturated carbocycles. The summed E-state index contributed by atoms with van der Waals surface area (Å²) < 4.78 is 38.9. The molecule has 1 aromatic carbocycles. The summed E-state index contributed by atoms with van der Waals surface area (Å²) in [6.07, 6.45) is -3.93. The Kier molecular flexibility index (Phi) is 5.29. The first-order valence-electron chi connectivity index (χ1n) is 7.42. The number of primary amides is 1. The van der Waals surface area contributed by atoms with Crippen LogP contribution in [0.1, 0.15) is 21.6 Å². The van der Waals surface area contributed by atoms with E-state index in [1.807, 2.05) is 0 Å². The summed E-state index contributed by atoms with van der Waals surface area (Å²) in [6.45, 7) is 0. The second-order valence-corrected chi connectivity index (χ2v) is 6.15. The number of anilines is 2. The van der Waals surface area contributed by atoms with Gasteiger partial charge in [0.25, 0.3) is 5.91 Å². The van der Waals surface area contributed by atoms with Gasteiger partial charge in [-0.15, -0.1) is 0 Å². The van der Waals surface area contributed by atoms with Crippen LogP contribution >= 0.6 is 23.2 Å². The highest BCUT2D eigenvalue weighted by Crippen LogP contribution is 2.33. The number of aromatic nitrogens is 4. The highest BCUT2D eigenvalue weighted by molar-refractivity contribution is 6.32. The molecule has 5 N–H and O–H groups in total. The fraction of sp³-hybridized carbons (Fsp3) is 0.0667. The SMILES string of the molecule is NC(=O)c1c(N=Cc2c(Cl)n[nH]c2C(F)(F)F)n[nH]c1Nc1cccc(Cl)c1. The van der Waals surface area contributed by atoms with Gasteiger partial charge in [-0.2, -0.15) is 23.4 Å². The zero-order valence-electron chi connectivity index (χ0n) is 13.6. The standard InChI is InChI=1S/C15H10Cl2F3N7O/c16-6-2-1-3-7(4-6)23-14-9(12(21)28)13(26-27-14)22-5-8-10(15(18,19)20)24-25-11(8)17/h1-5H,(H2,21,28)(H,24,25)(H2,23,26,27). The molecule has 146 valence electrons. The number of nitrogens with zero attached hydrogens (tertiary/aromatic N) is 3. The Bertz CT molecular complexity index is 1060. The van der Waals surface area contributed by atoms with E-state index in [0.717, 1.165) is 6.21 Å². The molecular weight excluding hydrogens is 422 g/mol. The Hall–Kier alpha value is -3.05. The molecule has 0 atom stereocenters. The average Bonchev–Trinajstić information content (AvgIpc) is 3.16. The predicted molar refractivity (Wildman–Crippen MR) is 97.7 cm³/mol. The molecule has 13 heteroatoms. The zero-order valence-corrected chi connectivity index (χ0v) is 15.1. The first kappa shape index (κ1) is 19.7. The highest BCUT2D eigenvalue weighted by Gasteiger charge is 2.36. The number of alkyl halides is 3. The van der Waals surface area contributed by atoms with Gasteiger partial charge in [0.05, 0.1) is 5.56 Å². The lowest BCUT2D eigenvalue weighted by Gasteiger charge is -2.05. The second-order valence-electron chi connectivity index (χ2n) is 5.36. The number of halogens is 5. The number of carbonyl (C=O) groups is 1. The molecule has 0 spiro atoms. The van der Waals surface area contributed by atoms with Gasteiger partial charge in [0.15, 0.2) is 11.0 Å². The summed E-state index contributed by atoms with van der Waals surface area (Å²) in [6, 6.07) is 6.57. The van der Waals surface area contributed by atoms with Crippen LogP contribution in [0.3, 0.4) is 0 Å². The molecule has 3 aromatic rings. The maximum absolute atomic E-state index is 13.0. The molecule has 0 aliphatic rings. The number of carbonyl (C=O) groups excluding carboxylic acids is 1. The van der Waals surface area contributed by atoms with Crippen molar-refractivity contribution in [1.29, 1.82) is 0 Å². The van der Waals surface area contributed by atoms with Crippen molar-refractivity contribution in [2.24, 2.45) is 10.7 Å². The van der Waals surface area contributed by atoms with E-state index in [4.69, 9.17) is 28.9 Å². The summed E-state index contributed by atoms with van der Waals surface area (Å²) in [5.41, 5.74) is 4.03. The fourth-order valence-corrected chi connectivity index (χ4v) is 2.62. The minimum absolute atomic E-state index is 0.0938. The summed E-state index contributed by atoms with van der Waals surface area (Å²) in [5.74, 6) is -1.04. The van der Waals surface area contributed by atoms with Crippen molar-refractivity contribution >= 4 is 52.6 Å². The molecule has 0 bridgehead atoms. The molecule has 1 amide bonds. The van der Waals surface area contributed by atoms with Crippen molar-refractivity contribution < 1.29 is 18.0 Å². The molecule has 0 unspecified atom stereocenters. The minimum Gasteiger partial charge on any atom is -0.365 e. The Morgan fingerprint density at radius 3 is 2.64 bits per heavy atom. The van der Waals surface area contributed by atoms with Crippen molar-refractivity contribution in [3.05, 3.63) is 51.3 Å². The Morgan fingerprint density at radius 1 is 1.25 bits per heavy atom. The van der Waals surface area contributed by atoms with E-state index in [0.29, 0.717) is 10.7 Å². The lowest BCUT2D eigenvalue weighted by atomic mass is 10.2. The van der Waals surface area contributed by atoms with E-state index in [1.54, 1.807) is 29.4 Å². The number of hydrogen-bond acceptors (Lipinski definition) is 5. The predicted octanol–water partition coefficient (Wildman–Crippen LogP) is 4.05. The van der Waals surface area contributed by atoms with Crippen LogP contribution in [0.4, 0.5) is 30.5 Å².